The van der Waals surface area contributed by atoms with Crippen molar-refractivity contribution in [2.45, 2.75) is 26.3 Å². The first kappa shape index (κ1) is 18.7. The smallest absolute Gasteiger partial charge is 0.262 e. The second-order valence-corrected chi connectivity index (χ2v) is 6.95. The molecule has 0 saturated carbocycles. The number of nitrogens with one attached hydrogen (secondary N) is 2. The number of anilines is 2. The summed E-state index contributed by atoms with van der Waals surface area (Å²) in [4.78, 5) is 28.1. The van der Waals surface area contributed by atoms with Gasteiger partial charge in [0.25, 0.3) is 5.91 Å². The van der Waals surface area contributed by atoms with Crippen LogP contribution in [-0.4, -0.2) is 33.2 Å². The Bertz CT molecular complexity index is 1060. The van der Waals surface area contributed by atoms with Crippen LogP contribution in [0, 0.1) is 13.8 Å². The second-order valence-electron chi connectivity index (χ2n) is 6.95. The van der Waals surface area contributed by atoms with Gasteiger partial charge in [-0.2, -0.15) is 10.1 Å². The molecule has 1 aliphatic heterocycles. The Kier molecular flexibility index (Phi) is 4.99. The van der Waals surface area contributed by atoms with E-state index in [0.29, 0.717) is 11.7 Å². The Hall–Kier alpha value is -3.68. The lowest BCUT2D eigenvalue weighted by Crippen LogP contribution is -2.29. The molecule has 8 nitrogen and oxygen atoms in total. The Morgan fingerprint density at radius 3 is 2.83 bits per heavy atom. The molecule has 2 heterocycles. The van der Waals surface area contributed by atoms with Gasteiger partial charge in [-0.05, 0) is 48.7 Å². The molecule has 2 aromatic carbocycles. The van der Waals surface area contributed by atoms with Crippen LogP contribution in [-0.2, 0) is 9.59 Å². The van der Waals surface area contributed by atoms with E-state index in [1.165, 1.54) is 6.33 Å². The molecule has 4 rings (SSSR count). The molecule has 2 N–H and O–H groups in total. The highest BCUT2D eigenvalue weighted by atomic mass is 16.5. The minimum absolute atomic E-state index is 0.0915. The maximum absolute atomic E-state index is 12.2. The minimum atomic E-state index is -0.223. The van der Waals surface area contributed by atoms with E-state index in [9.17, 15) is 9.59 Å². The zero-order chi connectivity index (χ0) is 20.4. The molecular formula is C21H21N5O3. The van der Waals surface area contributed by atoms with E-state index < -0.39 is 0 Å². The lowest BCUT2D eigenvalue weighted by molar-refractivity contribution is -0.118. The number of amides is 2. The molecule has 0 saturated heterocycles. The number of ether oxygens (including phenoxy) is 1. The number of rotatable bonds is 5. The molecule has 1 atom stereocenters. The van der Waals surface area contributed by atoms with Crippen molar-refractivity contribution >= 4 is 23.5 Å². The summed E-state index contributed by atoms with van der Waals surface area (Å²) in [7, 11) is 0. The fourth-order valence-corrected chi connectivity index (χ4v) is 3.27. The molecule has 0 bridgehead atoms. The van der Waals surface area contributed by atoms with Gasteiger partial charge in [0.15, 0.2) is 6.61 Å². The summed E-state index contributed by atoms with van der Waals surface area (Å²) in [6, 6.07) is 12.9. The molecule has 3 aromatic rings. The van der Waals surface area contributed by atoms with E-state index in [1.54, 1.807) is 16.8 Å². The Morgan fingerprint density at radius 1 is 1.24 bits per heavy atom. The molecule has 2 amide bonds. The first-order valence-corrected chi connectivity index (χ1v) is 9.29. The van der Waals surface area contributed by atoms with Crippen LogP contribution >= 0.6 is 0 Å². The molecule has 0 radical (unpaired) electrons. The number of aryl methyl sites for hydroxylation is 1. The number of aromatic nitrogens is 3. The largest absolute Gasteiger partial charge is 0.484 e. The zero-order valence-electron chi connectivity index (χ0n) is 16.2. The molecule has 1 aliphatic rings. The molecule has 0 spiro atoms. The van der Waals surface area contributed by atoms with Crippen LogP contribution in [0.1, 0.15) is 29.2 Å². The maximum Gasteiger partial charge on any atom is 0.262 e. The average Bonchev–Trinajstić information content (AvgIpc) is 3.18. The molecule has 0 unspecified atom stereocenters. The summed E-state index contributed by atoms with van der Waals surface area (Å²) in [6.45, 7) is 3.88. The van der Waals surface area contributed by atoms with Crippen molar-refractivity contribution in [1.29, 1.82) is 0 Å². The van der Waals surface area contributed by atoms with Crippen LogP contribution in [0.2, 0.25) is 0 Å². The van der Waals surface area contributed by atoms with Gasteiger partial charge >= 0.3 is 0 Å². The molecule has 148 valence electrons. The second kappa shape index (κ2) is 7.75. The predicted octanol–water partition coefficient (Wildman–Crippen LogP) is 2.84. The van der Waals surface area contributed by atoms with Gasteiger partial charge in [-0.15, -0.1) is 0 Å². The van der Waals surface area contributed by atoms with Crippen LogP contribution in [0.5, 0.6) is 5.75 Å². The van der Waals surface area contributed by atoms with Crippen LogP contribution in [0.4, 0.5) is 11.6 Å². The fraction of sp³-hybridized carbons (Fsp3) is 0.238. The number of fused-ring (bicyclic) bond motifs is 1. The van der Waals surface area contributed by atoms with Crippen molar-refractivity contribution in [3.63, 3.8) is 0 Å². The third-order valence-corrected chi connectivity index (χ3v) is 5.01. The topological polar surface area (TPSA) is 98.1 Å². The fourth-order valence-electron chi connectivity index (χ4n) is 3.27. The SMILES string of the molecule is Cc1cccc(NC(=O)COc2ccc([C@H]3CC(=O)Nc4ncnn43)cc2)c1C. The zero-order valence-corrected chi connectivity index (χ0v) is 16.2. The van der Waals surface area contributed by atoms with Gasteiger partial charge < -0.3 is 10.1 Å². The highest BCUT2D eigenvalue weighted by Crippen LogP contribution is 2.29. The van der Waals surface area contributed by atoms with Crippen molar-refractivity contribution in [2.24, 2.45) is 0 Å². The highest BCUT2D eigenvalue weighted by Gasteiger charge is 2.27. The van der Waals surface area contributed by atoms with E-state index in [-0.39, 0.29) is 30.9 Å². The van der Waals surface area contributed by atoms with Gasteiger partial charge in [0, 0.05) is 5.69 Å². The van der Waals surface area contributed by atoms with Crippen LogP contribution in [0.15, 0.2) is 48.8 Å². The van der Waals surface area contributed by atoms with Crippen LogP contribution in [0.25, 0.3) is 0 Å². The lowest BCUT2D eigenvalue weighted by Gasteiger charge is -2.23. The van der Waals surface area contributed by atoms with Gasteiger partial charge in [-0.3, -0.25) is 14.9 Å². The number of carbonyl (C=O) groups is 2. The minimum Gasteiger partial charge on any atom is -0.484 e. The molecule has 29 heavy (non-hydrogen) atoms. The summed E-state index contributed by atoms with van der Waals surface area (Å²) in [5, 5.41) is 9.75. The third kappa shape index (κ3) is 3.96. The number of hydrogen-bond donors (Lipinski definition) is 2. The number of carbonyl (C=O) groups excluding carboxylic acids is 2. The number of benzene rings is 2. The van der Waals surface area contributed by atoms with Crippen molar-refractivity contribution in [3.05, 3.63) is 65.5 Å². The van der Waals surface area contributed by atoms with Gasteiger partial charge in [0.2, 0.25) is 11.9 Å². The summed E-state index contributed by atoms with van der Waals surface area (Å²) in [5.41, 5.74) is 3.85. The summed E-state index contributed by atoms with van der Waals surface area (Å²) in [5.74, 6) is 0.691. The Morgan fingerprint density at radius 2 is 2.03 bits per heavy atom. The monoisotopic (exact) mass is 391 g/mol. The van der Waals surface area contributed by atoms with E-state index in [1.807, 2.05) is 44.2 Å². The van der Waals surface area contributed by atoms with E-state index in [4.69, 9.17) is 4.74 Å². The Balaban J connectivity index is 1.39. The summed E-state index contributed by atoms with van der Waals surface area (Å²) >= 11 is 0. The molecule has 0 fully saturated rings. The average molecular weight is 391 g/mol. The lowest BCUT2D eigenvalue weighted by atomic mass is 10.0. The van der Waals surface area contributed by atoms with E-state index in [2.05, 4.69) is 20.7 Å². The van der Waals surface area contributed by atoms with Crippen LogP contribution in [0.3, 0.4) is 0 Å². The van der Waals surface area contributed by atoms with Crippen molar-refractivity contribution < 1.29 is 14.3 Å². The van der Waals surface area contributed by atoms with Crippen LogP contribution < -0.4 is 15.4 Å². The van der Waals surface area contributed by atoms with E-state index >= 15 is 0 Å². The van der Waals surface area contributed by atoms with Crippen molar-refractivity contribution in [3.8, 4) is 5.75 Å². The van der Waals surface area contributed by atoms with E-state index in [0.717, 1.165) is 22.4 Å². The summed E-state index contributed by atoms with van der Waals surface area (Å²) in [6.07, 6.45) is 1.70. The first-order chi connectivity index (χ1) is 14.0. The maximum atomic E-state index is 12.2. The molecule has 8 heteroatoms. The highest BCUT2D eigenvalue weighted by molar-refractivity contribution is 5.93. The van der Waals surface area contributed by atoms with Crippen molar-refractivity contribution in [1.82, 2.24) is 14.8 Å². The van der Waals surface area contributed by atoms with Gasteiger partial charge in [-0.25, -0.2) is 4.68 Å². The number of hydrogen-bond acceptors (Lipinski definition) is 5. The summed E-state index contributed by atoms with van der Waals surface area (Å²) < 4.78 is 7.29. The molecule has 1 aromatic heterocycles. The molecule has 0 aliphatic carbocycles. The number of nitrogens with zero attached hydrogens (tertiary/aromatic N) is 3. The van der Waals surface area contributed by atoms with Gasteiger partial charge in [0.1, 0.15) is 12.1 Å². The quantitative estimate of drug-likeness (QED) is 0.697. The Labute approximate surface area is 167 Å². The van der Waals surface area contributed by atoms with Gasteiger partial charge in [-0.1, -0.05) is 24.3 Å². The van der Waals surface area contributed by atoms with Gasteiger partial charge in [0.05, 0.1) is 12.5 Å². The predicted molar refractivity (Wildman–Crippen MR) is 108 cm³/mol. The van der Waals surface area contributed by atoms with Crippen molar-refractivity contribution in [2.75, 3.05) is 17.2 Å². The third-order valence-electron chi connectivity index (χ3n) is 5.01. The standard InChI is InChI=1S/C21H21N5O3/c1-13-4-3-5-17(14(13)2)24-20(28)11-29-16-8-6-15(7-9-16)18-10-19(27)25-21-22-12-23-26(18)21/h3-9,12,18H,10-11H2,1-2H3,(H,24,28)(H,22,23,25,27)/t18-/m1/s1. The molecular weight excluding hydrogens is 370 g/mol. The normalized spacial score (nSPS) is 15.4. The first-order valence-electron chi connectivity index (χ1n) is 9.29.